The van der Waals surface area contributed by atoms with Crippen molar-refractivity contribution in [2.75, 3.05) is 4.90 Å². The average molecular weight is 474 g/mol. The van der Waals surface area contributed by atoms with Gasteiger partial charge in [0.05, 0.1) is 28.5 Å². The number of non-ortho nitro benzene ring substituents is 1. The number of amides is 2. The Morgan fingerprint density at radius 1 is 1.06 bits per heavy atom. The quantitative estimate of drug-likeness (QED) is 0.160. The van der Waals surface area contributed by atoms with E-state index in [2.05, 4.69) is 5.10 Å². The van der Waals surface area contributed by atoms with Crippen LogP contribution in [0.4, 0.5) is 11.4 Å². The SMILES string of the molecule is CC(=O)Oc1ccc(C(=O)[C@@H]2[C@@H]3C(=O)N(c4cccc([N+](=O)[O-])c4)C(=O)[C@@H]3[C@H]3C=CC=NN32)cc1. The number of ketones is 1. The van der Waals surface area contributed by atoms with Crippen LogP contribution in [0.1, 0.15) is 17.3 Å². The van der Waals surface area contributed by atoms with E-state index in [0.29, 0.717) is 0 Å². The first-order valence-electron chi connectivity index (χ1n) is 10.7. The Bertz CT molecular complexity index is 1330. The smallest absolute Gasteiger partial charge is 0.308 e. The summed E-state index contributed by atoms with van der Waals surface area (Å²) in [4.78, 5) is 63.3. The van der Waals surface area contributed by atoms with E-state index in [4.69, 9.17) is 4.74 Å². The van der Waals surface area contributed by atoms with Gasteiger partial charge in [0.1, 0.15) is 11.8 Å². The fourth-order valence-corrected chi connectivity index (χ4v) is 4.86. The minimum absolute atomic E-state index is 0.0790. The molecule has 11 heteroatoms. The molecular formula is C24H18N4O7. The van der Waals surface area contributed by atoms with Gasteiger partial charge >= 0.3 is 5.97 Å². The Kier molecular flexibility index (Phi) is 5.24. The molecule has 11 nitrogen and oxygen atoms in total. The van der Waals surface area contributed by atoms with E-state index >= 15 is 0 Å². The average Bonchev–Trinajstić information content (AvgIpc) is 3.31. The number of nitrogens with zero attached hydrogens (tertiary/aromatic N) is 4. The molecule has 0 unspecified atom stereocenters. The molecule has 4 atom stereocenters. The van der Waals surface area contributed by atoms with Gasteiger partial charge < -0.3 is 4.74 Å². The van der Waals surface area contributed by atoms with Crippen molar-refractivity contribution in [1.29, 1.82) is 0 Å². The fourth-order valence-electron chi connectivity index (χ4n) is 4.86. The van der Waals surface area contributed by atoms with Crippen molar-refractivity contribution in [3.05, 3.63) is 76.4 Å². The molecule has 3 aliphatic heterocycles. The molecular weight excluding hydrogens is 456 g/mol. The maximum atomic E-state index is 13.6. The minimum Gasteiger partial charge on any atom is -0.427 e. The van der Waals surface area contributed by atoms with Crippen molar-refractivity contribution >= 4 is 41.2 Å². The molecule has 176 valence electrons. The van der Waals surface area contributed by atoms with E-state index in [1.165, 1.54) is 60.6 Å². The first-order chi connectivity index (χ1) is 16.8. The van der Waals surface area contributed by atoms with E-state index in [9.17, 15) is 29.3 Å². The third kappa shape index (κ3) is 3.57. The number of fused-ring (bicyclic) bond motifs is 3. The lowest BCUT2D eigenvalue weighted by atomic mass is 9.86. The van der Waals surface area contributed by atoms with Crippen LogP contribution >= 0.6 is 0 Å². The van der Waals surface area contributed by atoms with Gasteiger partial charge in [0, 0.05) is 30.8 Å². The lowest BCUT2D eigenvalue weighted by Gasteiger charge is -2.30. The number of rotatable bonds is 5. The van der Waals surface area contributed by atoms with Crippen LogP contribution in [-0.2, 0) is 14.4 Å². The van der Waals surface area contributed by atoms with Gasteiger partial charge in [-0.3, -0.25) is 34.3 Å². The number of esters is 1. The second kappa shape index (κ2) is 8.28. The number of hydrogen-bond acceptors (Lipinski definition) is 9. The number of nitro groups is 1. The van der Waals surface area contributed by atoms with Gasteiger partial charge in [-0.05, 0) is 36.4 Å². The molecule has 3 heterocycles. The Morgan fingerprint density at radius 3 is 2.46 bits per heavy atom. The third-order valence-corrected chi connectivity index (χ3v) is 6.26. The monoisotopic (exact) mass is 474 g/mol. The van der Waals surface area contributed by atoms with E-state index in [-0.39, 0.29) is 22.7 Å². The number of Topliss-reactive ketones (excluding diaryl/α,β-unsaturated/α-hetero) is 1. The van der Waals surface area contributed by atoms with Crippen LogP contribution in [0.15, 0.2) is 65.8 Å². The topological polar surface area (TPSA) is 139 Å². The van der Waals surface area contributed by atoms with E-state index < -0.39 is 52.4 Å². The molecule has 0 radical (unpaired) electrons. The molecule has 0 saturated carbocycles. The van der Waals surface area contributed by atoms with Crippen LogP contribution in [0.3, 0.4) is 0 Å². The molecule has 2 aromatic carbocycles. The molecule has 0 spiro atoms. The standard InChI is InChI=1S/C24H18N4O7/c1-13(29)35-17-9-7-14(8-10-17)22(30)21-20-19(18-6-3-11-25-27(18)21)23(31)26(24(20)32)15-4-2-5-16(12-15)28(33)34/h2-12,18-21H,1H3/t18-,19-,20-,21+/m1/s1. The highest BCUT2D eigenvalue weighted by molar-refractivity contribution is 6.24. The molecule has 0 bridgehead atoms. The normalized spacial score (nSPS) is 24.4. The number of carbonyl (C=O) groups is 4. The Balaban J connectivity index is 1.52. The van der Waals surface area contributed by atoms with Gasteiger partial charge in [0.25, 0.3) is 5.69 Å². The van der Waals surface area contributed by atoms with E-state index in [0.717, 1.165) is 11.0 Å². The van der Waals surface area contributed by atoms with Crippen LogP contribution in [0, 0.1) is 22.0 Å². The highest BCUT2D eigenvalue weighted by Crippen LogP contribution is 2.46. The van der Waals surface area contributed by atoms with E-state index in [1.807, 2.05) is 0 Å². The van der Waals surface area contributed by atoms with Gasteiger partial charge in [-0.15, -0.1) is 0 Å². The summed E-state index contributed by atoms with van der Waals surface area (Å²) in [5.41, 5.74) is 0.0731. The molecule has 5 rings (SSSR count). The summed E-state index contributed by atoms with van der Waals surface area (Å²) in [5.74, 6) is -3.75. The maximum Gasteiger partial charge on any atom is 0.308 e. The molecule has 0 aromatic heterocycles. The summed E-state index contributed by atoms with van der Waals surface area (Å²) in [6.07, 6.45) is 4.84. The second-order valence-corrected chi connectivity index (χ2v) is 8.29. The highest BCUT2D eigenvalue weighted by atomic mass is 16.6. The number of imide groups is 1. The Labute approximate surface area is 198 Å². The van der Waals surface area contributed by atoms with Gasteiger partial charge in [-0.25, -0.2) is 4.90 Å². The number of hydrazone groups is 1. The number of hydrogen-bond donors (Lipinski definition) is 0. The molecule has 35 heavy (non-hydrogen) atoms. The summed E-state index contributed by atoms with van der Waals surface area (Å²) in [7, 11) is 0. The van der Waals surface area contributed by atoms with Crippen LogP contribution in [0.5, 0.6) is 5.75 Å². The molecule has 2 fully saturated rings. The number of anilines is 1. The molecule has 2 saturated heterocycles. The maximum absolute atomic E-state index is 13.6. The summed E-state index contributed by atoms with van der Waals surface area (Å²) in [5, 5.41) is 17.0. The summed E-state index contributed by atoms with van der Waals surface area (Å²) in [6.45, 7) is 1.26. The van der Waals surface area contributed by atoms with E-state index in [1.54, 1.807) is 12.2 Å². The van der Waals surface area contributed by atoms with Gasteiger partial charge in [0.15, 0.2) is 5.78 Å². The van der Waals surface area contributed by atoms with Crippen LogP contribution in [-0.4, -0.2) is 51.8 Å². The highest BCUT2D eigenvalue weighted by Gasteiger charge is 2.64. The summed E-state index contributed by atoms with van der Waals surface area (Å²) < 4.78 is 5.00. The van der Waals surface area contributed by atoms with Crippen molar-refractivity contribution in [2.24, 2.45) is 16.9 Å². The number of benzene rings is 2. The zero-order chi connectivity index (χ0) is 24.9. The van der Waals surface area contributed by atoms with Crippen molar-refractivity contribution in [3.63, 3.8) is 0 Å². The molecule has 2 aromatic rings. The number of ether oxygens (including phenoxy) is 1. The zero-order valence-corrected chi connectivity index (χ0v) is 18.3. The first kappa shape index (κ1) is 22.1. The van der Waals surface area contributed by atoms with Crippen LogP contribution < -0.4 is 9.64 Å². The van der Waals surface area contributed by atoms with Crippen LogP contribution in [0.2, 0.25) is 0 Å². The van der Waals surface area contributed by atoms with Gasteiger partial charge in [-0.1, -0.05) is 12.1 Å². The van der Waals surface area contributed by atoms with Crippen molar-refractivity contribution in [2.45, 2.75) is 19.0 Å². The van der Waals surface area contributed by atoms with Gasteiger partial charge in [0.2, 0.25) is 11.8 Å². The van der Waals surface area contributed by atoms with Gasteiger partial charge in [-0.2, -0.15) is 5.10 Å². The second-order valence-electron chi connectivity index (χ2n) is 8.29. The Hall–Kier alpha value is -4.67. The zero-order valence-electron chi connectivity index (χ0n) is 18.3. The predicted octanol–water partition coefficient (Wildman–Crippen LogP) is 2.12. The summed E-state index contributed by atoms with van der Waals surface area (Å²) in [6, 6.07) is 9.47. The lowest BCUT2D eigenvalue weighted by molar-refractivity contribution is -0.384. The summed E-state index contributed by atoms with van der Waals surface area (Å²) >= 11 is 0. The first-order valence-corrected chi connectivity index (χ1v) is 10.7. The molecule has 0 aliphatic carbocycles. The van der Waals surface area contributed by atoms with Crippen molar-refractivity contribution in [1.82, 2.24) is 5.01 Å². The molecule has 2 amide bonds. The Morgan fingerprint density at radius 2 is 1.77 bits per heavy atom. The fraction of sp³-hybridized carbons (Fsp3) is 0.208. The number of carbonyl (C=O) groups excluding carboxylic acids is 4. The third-order valence-electron chi connectivity index (χ3n) is 6.26. The number of nitro benzene ring substituents is 1. The number of allylic oxidation sites excluding steroid dienone is 1. The molecule has 0 N–H and O–H groups in total. The van der Waals surface area contributed by atoms with Crippen LogP contribution in [0.25, 0.3) is 0 Å². The predicted molar refractivity (Wildman–Crippen MR) is 122 cm³/mol. The lowest BCUT2D eigenvalue weighted by Crippen LogP contribution is -2.46. The van der Waals surface area contributed by atoms with Crippen molar-refractivity contribution < 1.29 is 28.8 Å². The minimum atomic E-state index is -1.06. The molecule has 3 aliphatic rings. The van der Waals surface area contributed by atoms with Crippen molar-refractivity contribution in [3.8, 4) is 5.75 Å². The largest absolute Gasteiger partial charge is 0.427 e.